The molecular weight excluding hydrogens is 419 g/mol. The first-order valence-corrected chi connectivity index (χ1v) is 10.8. The van der Waals surface area contributed by atoms with Crippen LogP contribution in [0.1, 0.15) is 44.2 Å². The minimum absolute atomic E-state index is 0.141. The second kappa shape index (κ2) is 9.35. The van der Waals surface area contributed by atoms with E-state index in [1.54, 1.807) is 48.3 Å². The first kappa shape index (κ1) is 23.2. The summed E-state index contributed by atoms with van der Waals surface area (Å²) in [5.74, 6) is 0.0477. The summed E-state index contributed by atoms with van der Waals surface area (Å²) in [5, 5.41) is 0.539. The van der Waals surface area contributed by atoms with Crippen LogP contribution < -0.4 is 4.90 Å². The van der Waals surface area contributed by atoms with Gasteiger partial charge in [-0.15, -0.1) is 0 Å². The largest absolute Gasteiger partial charge is 0.418 e. The van der Waals surface area contributed by atoms with E-state index in [0.29, 0.717) is 22.7 Å². The Balaban J connectivity index is 2.28. The van der Waals surface area contributed by atoms with Crippen molar-refractivity contribution in [2.75, 3.05) is 11.9 Å². The maximum Gasteiger partial charge on any atom is 0.418 e. The van der Waals surface area contributed by atoms with Crippen molar-refractivity contribution < 1.29 is 13.2 Å². The van der Waals surface area contributed by atoms with Crippen LogP contribution in [0, 0.1) is 5.92 Å². The normalized spacial score (nSPS) is 12.8. The van der Waals surface area contributed by atoms with Gasteiger partial charge in [0.2, 0.25) is 0 Å². The number of halogens is 4. The molecule has 3 aromatic carbocycles. The van der Waals surface area contributed by atoms with E-state index in [-0.39, 0.29) is 17.5 Å². The zero-order valence-electron chi connectivity index (χ0n) is 18.2. The van der Waals surface area contributed by atoms with Crippen molar-refractivity contribution in [3.8, 4) is 11.1 Å². The van der Waals surface area contributed by atoms with Crippen LogP contribution in [0.5, 0.6) is 0 Å². The number of benzene rings is 3. The van der Waals surface area contributed by atoms with Crippen LogP contribution in [0.3, 0.4) is 0 Å². The Kier molecular flexibility index (Phi) is 7.00. The molecule has 0 aliphatic rings. The Morgan fingerprint density at radius 2 is 1.48 bits per heavy atom. The molecule has 0 radical (unpaired) electrons. The predicted molar refractivity (Wildman–Crippen MR) is 124 cm³/mol. The molecular formula is C26H27ClF3N. The SMILES string of the molecule is CC(C)CC(C)c1cc(-c2ccccc2)cc(N(C)c2ccc(Cl)cc2)c1C(F)(F)F. The van der Waals surface area contributed by atoms with Gasteiger partial charge in [-0.05, 0) is 65.3 Å². The molecule has 1 unspecified atom stereocenters. The van der Waals surface area contributed by atoms with Gasteiger partial charge in [0.1, 0.15) is 0 Å². The maximum absolute atomic E-state index is 14.4. The molecule has 0 heterocycles. The summed E-state index contributed by atoms with van der Waals surface area (Å²) in [6.45, 7) is 5.95. The summed E-state index contributed by atoms with van der Waals surface area (Å²) in [6, 6.07) is 19.7. The Bertz CT molecular complexity index is 1010. The highest BCUT2D eigenvalue weighted by Crippen LogP contribution is 2.46. The molecule has 0 bridgehead atoms. The van der Waals surface area contributed by atoms with Crippen LogP contribution in [-0.2, 0) is 6.18 Å². The van der Waals surface area contributed by atoms with Gasteiger partial charge in [-0.25, -0.2) is 0 Å². The summed E-state index contributed by atoms with van der Waals surface area (Å²) in [5.41, 5.74) is 2.20. The average molecular weight is 446 g/mol. The number of alkyl halides is 3. The van der Waals surface area contributed by atoms with Gasteiger partial charge in [-0.2, -0.15) is 13.2 Å². The second-order valence-electron chi connectivity index (χ2n) is 8.39. The lowest BCUT2D eigenvalue weighted by Crippen LogP contribution is -2.20. The number of hydrogen-bond donors (Lipinski definition) is 0. The third-order valence-electron chi connectivity index (χ3n) is 5.47. The maximum atomic E-state index is 14.4. The van der Waals surface area contributed by atoms with Crippen LogP contribution in [0.15, 0.2) is 66.7 Å². The molecule has 31 heavy (non-hydrogen) atoms. The average Bonchev–Trinajstić information content (AvgIpc) is 2.72. The van der Waals surface area contributed by atoms with Crippen molar-refractivity contribution in [2.24, 2.45) is 5.92 Å². The molecule has 3 aromatic rings. The van der Waals surface area contributed by atoms with Crippen molar-refractivity contribution in [1.82, 2.24) is 0 Å². The predicted octanol–water partition coefficient (Wildman–Crippen LogP) is 8.94. The van der Waals surface area contributed by atoms with E-state index < -0.39 is 11.7 Å². The smallest absolute Gasteiger partial charge is 0.344 e. The molecule has 0 aromatic heterocycles. The van der Waals surface area contributed by atoms with Gasteiger partial charge in [0.15, 0.2) is 0 Å². The van der Waals surface area contributed by atoms with Crippen molar-refractivity contribution >= 4 is 23.0 Å². The first-order chi connectivity index (χ1) is 14.6. The summed E-state index contributed by atoms with van der Waals surface area (Å²) < 4.78 is 43.3. The standard InChI is InChI=1S/C26H27ClF3N/c1-17(2)14-18(3)23-15-20(19-8-6-5-7-9-19)16-24(25(23)26(28,29)30)31(4)22-12-10-21(27)11-13-22/h5-13,15-18H,14H2,1-4H3. The molecule has 0 aliphatic carbocycles. The molecule has 0 fully saturated rings. The van der Waals surface area contributed by atoms with Gasteiger partial charge in [-0.1, -0.05) is 68.8 Å². The topological polar surface area (TPSA) is 3.24 Å². The van der Waals surface area contributed by atoms with Gasteiger partial charge < -0.3 is 4.90 Å². The quantitative estimate of drug-likeness (QED) is 0.366. The number of hydrogen-bond acceptors (Lipinski definition) is 1. The Morgan fingerprint density at radius 3 is 2.03 bits per heavy atom. The monoisotopic (exact) mass is 445 g/mol. The van der Waals surface area contributed by atoms with Crippen molar-refractivity contribution in [3.05, 3.63) is 82.9 Å². The third kappa shape index (κ3) is 5.43. The van der Waals surface area contributed by atoms with E-state index in [1.165, 1.54) is 0 Å². The second-order valence-corrected chi connectivity index (χ2v) is 8.83. The minimum Gasteiger partial charge on any atom is -0.344 e. The number of rotatable bonds is 6. The number of anilines is 2. The first-order valence-electron chi connectivity index (χ1n) is 10.4. The molecule has 0 saturated heterocycles. The highest BCUT2D eigenvalue weighted by atomic mass is 35.5. The van der Waals surface area contributed by atoms with E-state index in [4.69, 9.17) is 11.6 Å². The molecule has 1 nitrogen and oxygen atoms in total. The zero-order valence-corrected chi connectivity index (χ0v) is 18.9. The zero-order chi connectivity index (χ0) is 22.8. The molecule has 3 rings (SSSR count). The van der Waals surface area contributed by atoms with Crippen LogP contribution >= 0.6 is 11.6 Å². The van der Waals surface area contributed by atoms with Crippen LogP contribution in [0.25, 0.3) is 11.1 Å². The number of nitrogens with zero attached hydrogens (tertiary/aromatic N) is 1. The van der Waals surface area contributed by atoms with E-state index in [0.717, 1.165) is 11.1 Å². The van der Waals surface area contributed by atoms with E-state index in [9.17, 15) is 13.2 Å². The molecule has 1 atom stereocenters. The van der Waals surface area contributed by atoms with E-state index >= 15 is 0 Å². The lowest BCUT2D eigenvalue weighted by atomic mass is 9.85. The molecule has 0 spiro atoms. The summed E-state index contributed by atoms with van der Waals surface area (Å²) in [7, 11) is 1.67. The highest BCUT2D eigenvalue weighted by Gasteiger charge is 2.39. The molecule has 0 saturated carbocycles. The molecule has 5 heteroatoms. The van der Waals surface area contributed by atoms with Gasteiger partial charge in [-0.3, -0.25) is 0 Å². The van der Waals surface area contributed by atoms with Gasteiger partial charge >= 0.3 is 6.18 Å². The fourth-order valence-corrected chi connectivity index (χ4v) is 4.17. The van der Waals surface area contributed by atoms with Gasteiger partial charge in [0.25, 0.3) is 0 Å². The molecule has 0 aliphatic heterocycles. The van der Waals surface area contributed by atoms with Crippen molar-refractivity contribution in [1.29, 1.82) is 0 Å². The fraction of sp³-hybridized carbons (Fsp3) is 0.308. The van der Waals surface area contributed by atoms with Gasteiger partial charge in [0, 0.05) is 17.8 Å². The molecule has 164 valence electrons. The fourth-order valence-electron chi connectivity index (χ4n) is 4.05. The van der Waals surface area contributed by atoms with E-state index in [1.807, 2.05) is 51.1 Å². The van der Waals surface area contributed by atoms with Crippen LogP contribution in [0.2, 0.25) is 5.02 Å². The summed E-state index contributed by atoms with van der Waals surface area (Å²) >= 11 is 5.99. The molecule has 0 amide bonds. The summed E-state index contributed by atoms with van der Waals surface area (Å²) in [4.78, 5) is 1.59. The lowest BCUT2D eigenvalue weighted by Gasteiger charge is -2.29. The Labute approximate surface area is 187 Å². The van der Waals surface area contributed by atoms with Crippen LogP contribution in [-0.4, -0.2) is 7.05 Å². The van der Waals surface area contributed by atoms with Gasteiger partial charge in [0.05, 0.1) is 11.3 Å². The van der Waals surface area contributed by atoms with E-state index in [2.05, 4.69) is 0 Å². The highest BCUT2D eigenvalue weighted by molar-refractivity contribution is 6.30. The summed E-state index contributed by atoms with van der Waals surface area (Å²) in [6.07, 6.45) is -3.81. The Morgan fingerprint density at radius 1 is 0.871 bits per heavy atom. The van der Waals surface area contributed by atoms with Crippen LogP contribution in [0.4, 0.5) is 24.5 Å². The lowest BCUT2D eigenvalue weighted by molar-refractivity contribution is -0.137. The Hall–Kier alpha value is -2.46. The minimum atomic E-state index is -4.48. The molecule has 0 N–H and O–H groups in total. The van der Waals surface area contributed by atoms with Crippen molar-refractivity contribution in [3.63, 3.8) is 0 Å². The third-order valence-corrected chi connectivity index (χ3v) is 5.72. The van der Waals surface area contributed by atoms with Crippen molar-refractivity contribution in [2.45, 2.75) is 39.3 Å².